The number of nitrogens with two attached hydrogens (primary N) is 1. The van der Waals surface area contributed by atoms with Crippen molar-refractivity contribution in [2.45, 2.75) is 19.4 Å². The second-order valence-corrected chi connectivity index (χ2v) is 5.29. The predicted octanol–water partition coefficient (Wildman–Crippen LogP) is 2.27. The average molecular weight is 290 g/mol. The van der Waals surface area contributed by atoms with Crippen molar-refractivity contribution >= 4 is 17.1 Å². The average Bonchev–Trinajstić information content (AvgIpc) is 2.96. The Bertz CT molecular complexity index is 758. The Morgan fingerprint density at radius 3 is 2.90 bits per heavy atom. The van der Waals surface area contributed by atoms with E-state index >= 15 is 0 Å². The Morgan fingerprint density at radius 1 is 1.40 bits per heavy atom. The van der Waals surface area contributed by atoms with Crippen LogP contribution in [0.4, 0.5) is 0 Å². The van der Waals surface area contributed by atoms with E-state index in [4.69, 9.17) is 17.3 Å². The number of halogens is 1. The van der Waals surface area contributed by atoms with Gasteiger partial charge in [0.05, 0.1) is 28.1 Å². The summed E-state index contributed by atoms with van der Waals surface area (Å²) in [5.41, 5.74) is 10.1. The molecule has 0 aliphatic heterocycles. The smallest absolute Gasteiger partial charge is 0.0847 e. The molecule has 0 bridgehead atoms. The quantitative estimate of drug-likeness (QED) is 0.804. The molecule has 3 aromatic rings. The molecule has 6 heteroatoms. The van der Waals surface area contributed by atoms with Crippen molar-refractivity contribution in [3.8, 4) is 0 Å². The number of fused-ring (bicyclic) bond motifs is 1. The number of aryl methyl sites for hydroxylation is 2. The van der Waals surface area contributed by atoms with Crippen molar-refractivity contribution in [2.75, 3.05) is 0 Å². The summed E-state index contributed by atoms with van der Waals surface area (Å²) >= 11 is 6.28. The maximum Gasteiger partial charge on any atom is 0.0847 e. The molecule has 1 unspecified atom stereocenters. The number of nitrogens with zero attached hydrogens (tertiary/aromatic N) is 4. The summed E-state index contributed by atoms with van der Waals surface area (Å²) in [7, 11) is 1.89. The lowest BCUT2D eigenvalue weighted by molar-refractivity contribution is 0.642. The Balaban J connectivity index is 1.95. The summed E-state index contributed by atoms with van der Waals surface area (Å²) in [5.74, 6) is 0. The van der Waals surface area contributed by atoms with Crippen LogP contribution in [0, 0.1) is 6.92 Å². The fraction of sp³-hybridized carbons (Fsp3) is 0.286. The molecule has 0 aromatic carbocycles. The van der Waals surface area contributed by atoms with Gasteiger partial charge in [-0.25, -0.2) is 4.52 Å². The van der Waals surface area contributed by atoms with Crippen molar-refractivity contribution in [1.29, 1.82) is 0 Å². The van der Waals surface area contributed by atoms with Crippen molar-refractivity contribution in [3.63, 3.8) is 0 Å². The first-order chi connectivity index (χ1) is 9.58. The molecule has 20 heavy (non-hydrogen) atoms. The Labute approximate surface area is 122 Å². The molecule has 0 radical (unpaired) electrons. The third-order valence-electron chi connectivity index (χ3n) is 3.53. The maximum atomic E-state index is 6.33. The van der Waals surface area contributed by atoms with Crippen LogP contribution in [0.15, 0.2) is 30.6 Å². The molecule has 0 aliphatic rings. The van der Waals surface area contributed by atoms with Crippen molar-refractivity contribution in [2.24, 2.45) is 12.8 Å². The van der Waals surface area contributed by atoms with Crippen LogP contribution in [0.5, 0.6) is 0 Å². The Hall–Kier alpha value is -1.85. The first kappa shape index (κ1) is 13.1. The largest absolute Gasteiger partial charge is 0.324 e. The van der Waals surface area contributed by atoms with Crippen LogP contribution in [-0.2, 0) is 13.5 Å². The van der Waals surface area contributed by atoms with Crippen LogP contribution in [0.2, 0.25) is 5.02 Å². The zero-order chi connectivity index (χ0) is 14.3. The van der Waals surface area contributed by atoms with E-state index in [-0.39, 0.29) is 6.04 Å². The van der Waals surface area contributed by atoms with Crippen molar-refractivity contribution in [3.05, 3.63) is 52.6 Å². The topological polar surface area (TPSA) is 61.1 Å². The maximum absolute atomic E-state index is 6.33. The van der Waals surface area contributed by atoms with E-state index in [0.717, 1.165) is 22.5 Å². The Morgan fingerprint density at radius 2 is 2.20 bits per heavy atom. The molecule has 1 atom stereocenters. The van der Waals surface area contributed by atoms with Crippen LogP contribution in [0.25, 0.3) is 5.52 Å². The highest BCUT2D eigenvalue weighted by Crippen LogP contribution is 2.26. The lowest BCUT2D eigenvalue weighted by Gasteiger charge is -2.11. The minimum absolute atomic E-state index is 0.165. The number of aromatic nitrogens is 4. The van der Waals surface area contributed by atoms with E-state index in [1.807, 2.05) is 49.1 Å². The predicted molar refractivity (Wildman–Crippen MR) is 78.8 cm³/mol. The van der Waals surface area contributed by atoms with Gasteiger partial charge in [0, 0.05) is 31.3 Å². The molecule has 104 valence electrons. The summed E-state index contributed by atoms with van der Waals surface area (Å²) in [6, 6.07) is 5.77. The fourth-order valence-electron chi connectivity index (χ4n) is 2.46. The van der Waals surface area contributed by atoms with E-state index < -0.39 is 0 Å². The molecule has 2 N–H and O–H groups in total. The number of rotatable bonds is 3. The molecule has 0 fully saturated rings. The summed E-state index contributed by atoms with van der Waals surface area (Å²) in [5, 5.41) is 9.32. The second kappa shape index (κ2) is 4.92. The van der Waals surface area contributed by atoms with Crippen molar-refractivity contribution in [1.82, 2.24) is 19.4 Å². The zero-order valence-corrected chi connectivity index (χ0v) is 12.2. The lowest BCUT2D eigenvalue weighted by Crippen LogP contribution is -2.15. The first-order valence-electron chi connectivity index (χ1n) is 6.43. The number of pyridine rings is 1. The molecule has 0 amide bonds. The van der Waals surface area contributed by atoms with Gasteiger partial charge in [0.15, 0.2) is 0 Å². The monoisotopic (exact) mass is 289 g/mol. The molecule has 0 spiro atoms. The molecule has 3 aromatic heterocycles. The molecule has 3 heterocycles. The highest BCUT2D eigenvalue weighted by molar-refractivity contribution is 6.31. The minimum atomic E-state index is -0.165. The van der Waals surface area contributed by atoms with Gasteiger partial charge in [-0.3, -0.25) is 4.68 Å². The second-order valence-electron chi connectivity index (χ2n) is 4.91. The summed E-state index contributed by atoms with van der Waals surface area (Å²) < 4.78 is 3.62. The van der Waals surface area contributed by atoms with Gasteiger partial charge in [-0.2, -0.15) is 10.2 Å². The van der Waals surface area contributed by atoms with Gasteiger partial charge < -0.3 is 5.73 Å². The van der Waals surface area contributed by atoms with Crippen LogP contribution < -0.4 is 5.73 Å². The Kier molecular flexibility index (Phi) is 3.23. The molecule has 3 rings (SSSR count). The van der Waals surface area contributed by atoms with Crippen LogP contribution in [0.1, 0.15) is 23.0 Å². The van der Waals surface area contributed by atoms with Crippen LogP contribution in [-0.4, -0.2) is 19.4 Å². The van der Waals surface area contributed by atoms with E-state index in [9.17, 15) is 0 Å². The molecular formula is C14H16ClN5. The summed E-state index contributed by atoms with van der Waals surface area (Å²) in [4.78, 5) is 0. The van der Waals surface area contributed by atoms with Gasteiger partial charge in [-0.05, 0) is 19.1 Å². The molecule has 0 aliphatic carbocycles. The van der Waals surface area contributed by atoms with Gasteiger partial charge >= 0.3 is 0 Å². The van der Waals surface area contributed by atoms with Crippen LogP contribution in [0.3, 0.4) is 0 Å². The van der Waals surface area contributed by atoms with Gasteiger partial charge in [0.1, 0.15) is 0 Å². The van der Waals surface area contributed by atoms with Crippen molar-refractivity contribution < 1.29 is 0 Å². The standard InChI is InChI=1S/C14H16ClN5/c1-9-14(15)13(19(2)18-9)7-11(16)10-8-17-20-6-4-3-5-12(10)20/h3-6,8,11H,7,16H2,1-2H3. The lowest BCUT2D eigenvalue weighted by atomic mass is 10.0. The highest BCUT2D eigenvalue weighted by atomic mass is 35.5. The van der Waals surface area contributed by atoms with E-state index in [2.05, 4.69) is 10.2 Å². The molecule has 0 saturated carbocycles. The fourth-order valence-corrected chi connectivity index (χ4v) is 2.70. The minimum Gasteiger partial charge on any atom is -0.324 e. The molecule has 0 saturated heterocycles. The molecule has 5 nitrogen and oxygen atoms in total. The SMILES string of the molecule is Cc1nn(C)c(CC(N)c2cnn3ccccc23)c1Cl. The molecular weight excluding hydrogens is 274 g/mol. The van der Waals surface area contributed by atoms with Gasteiger partial charge in [-0.15, -0.1) is 0 Å². The normalized spacial score (nSPS) is 13.0. The summed E-state index contributed by atoms with van der Waals surface area (Å²) in [6.45, 7) is 1.90. The third kappa shape index (κ3) is 2.09. The van der Waals surface area contributed by atoms with Gasteiger partial charge in [0.25, 0.3) is 0 Å². The van der Waals surface area contributed by atoms with Crippen LogP contribution >= 0.6 is 11.6 Å². The summed E-state index contributed by atoms with van der Waals surface area (Å²) in [6.07, 6.45) is 4.36. The third-order valence-corrected chi connectivity index (χ3v) is 4.02. The van der Waals surface area contributed by atoms with E-state index in [1.165, 1.54) is 0 Å². The highest BCUT2D eigenvalue weighted by Gasteiger charge is 2.18. The van der Waals surface area contributed by atoms with E-state index in [0.29, 0.717) is 11.4 Å². The van der Waals surface area contributed by atoms with Gasteiger partial charge in [-0.1, -0.05) is 17.7 Å². The van der Waals surface area contributed by atoms with E-state index in [1.54, 1.807) is 4.68 Å². The number of hydrogen-bond acceptors (Lipinski definition) is 3. The zero-order valence-electron chi connectivity index (χ0n) is 11.4. The van der Waals surface area contributed by atoms with Gasteiger partial charge in [0.2, 0.25) is 0 Å². The first-order valence-corrected chi connectivity index (χ1v) is 6.81. The number of hydrogen-bond donors (Lipinski definition) is 1.